The molecule has 0 aliphatic heterocycles. The first-order chi connectivity index (χ1) is 18.5. The molecule has 6 aromatic rings. The van der Waals surface area contributed by atoms with Crippen molar-refractivity contribution in [2.75, 3.05) is 11.9 Å². The number of thiazole rings is 2. The molecule has 0 aliphatic carbocycles. The number of carbonyl (C=O) groups is 1. The van der Waals surface area contributed by atoms with E-state index < -0.39 is 11.8 Å². The third kappa shape index (κ3) is 4.78. The first-order valence-electron chi connectivity index (χ1n) is 11.6. The van der Waals surface area contributed by atoms with Gasteiger partial charge < -0.3 is 15.2 Å². The molecule has 0 radical (unpaired) electrons. The fraction of sp³-hybridized carbons (Fsp3) is 0.115. The Balaban J connectivity index is 1.19. The molecule has 38 heavy (non-hydrogen) atoms. The molecule has 4 aromatic heterocycles. The molecular formula is C26H19FN6O3S2. The largest absolute Gasteiger partial charge is 0.491 e. The Bertz CT molecular complexity index is 1750. The number of rotatable bonds is 9. The molecule has 2 aromatic carbocycles. The first kappa shape index (κ1) is 23.9. The lowest BCUT2D eigenvalue weighted by atomic mass is 10.2. The van der Waals surface area contributed by atoms with E-state index in [4.69, 9.17) is 4.74 Å². The highest BCUT2D eigenvalue weighted by molar-refractivity contribution is 7.22. The van der Waals surface area contributed by atoms with Gasteiger partial charge in [0.05, 0.1) is 16.8 Å². The van der Waals surface area contributed by atoms with Gasteiger partial charge in [0.1, 0.15) is 0 Å². The number of hydrogen-bond donors (Lipinski definition) is 2. The summed E-state index contributed by atoms with van der Waals surface area (Å²) in [5.41, 5.74) is 1.45. The molecule has 190 valence electrons. The number of aryl methyl sites for hydroxylation is 1. The molecule has 0 amide bonds. The second-order valence-electron chi connectivity index (χ2n) is 8.26. The molecule has 0 bridgehead atoms. The summed E-state index contributed by atoms with van der Waals surface area (Å²) in [6, 6.07) is 17.8. The quantitative estimate of drug-likeness (QED) is 0.210. The van der Waals surface area contributed by atoms with Crippen LogP contribution in [0.5, 0.6) is 5.75 Å². The number of anilines is 2. The van der Waals surface area contributed by atoms with E-state index in [0.29, 0.717) is 39.4 Å². The van der Waals surface area contributed by atoms with Gasteiger partial charge in [0.2, 0.25) is 0 Å². The fourth-order valence-corrected chi connectivity index (χ4v) is 5.89. The zero-order chi connectivity index (χ0) is 26.1. The minimum absolute atomic E-state index is 0.0141. The Morgan fingerprint density at radius 3 is 2.74 bits per heavy atom. The number of hydrogen-bond acceptors (Lipinski definition) is 9. The lowest BCUT2D eigenvalue weighted by Crippen LogP contribution is -2.04. The number of carboxylic acids is 1. The molecule has 9 nitrogen and oxygen atoms in total. The lowest BCUT2D eigenvalue weighted by molar-refractivity contribution is 0.0690. The zero-order valence-corrected chi connectivity index (χ0v) is 21.3. The van der Waals surface area contributed by atoms with Crippen molar-refractivity contribution in [2.45, 2.75) is 12.8 Å². The van der Waals surface area contributed by atoms with Crippen molar-refractivity contribution < 1.29 is 19.0 Å². The van der Waals surface area contributed by atoms with Crippen molar-refractivity contribution in [1.82, 2.24) is 24.7 Å². The minimum atomic E-state index is -1.11. The summed E-state index contributed by atoms with van der Waals surface area (Å²) < 4.78 is 22.0. The predicted octanol–water partition coefficient (Wildman–Crippen LogP) is 6.08. The van der Waals surface area contributed by atoms with Crippen molar-refractivity contribution >= 4 is 60.8 Å². The third-order valence-electron chi connectivity index (χ3n) is 5.70. The molecule has 0 fully saturated rings. The monoisotopic (exact) mass is 546 g/mol. The van der Waals surface area contributed by atoms with Crippen LogP contribution in [0.3, 0.4) is 0 Å². The number of para-hydroxylation sites is 2. The molecule has 2 N–H and O–H groups in total. The number of ether oxygens (including phenoxy) is 1. The topological polar surface area (TPSA) is 115 Å². The van der Waals surface area contributed by atoms with E-state index in [-0.39, 0.29) is 18.1 Å². The van der Waals surface area contributed by atoms with Crippen LogP contribution in [0.4, 0.5) is 15.3 Å². The lowest BCUT2D eigenvalue weighted by Gasteiger charge is -2.06. The van der Waals surface area contributed by atoms with Gasteiger partial charge in [-0.1, -0.05) is 35.6 Å². The Kier molecular flexibility index (Phi) is 6.40. The van der Waals surface area contributed by atoms with E-state index >= 15 is 0 Å². The molecule has 0 aliphatic rings. The van der Waals surface area contributed by atoms with Gasteiger partial charge in [0, 0.05) is 16.5 Å². The van der Waals surface area contributed by atoms with Crippen molar-refractivity contribution in [3.8, 4) is 10.9 Å². The van der Waals surface area contributed by atoms with Crippen LogP contribution in [-0.2, 0) is 6.42 Å². The number of nitrogens with zero attached hydrogens (tertiary/aromatic N) is 5. The van der Waals surface area contributed by atoms with Crippen LogP contribution in [0.15, 0.2) is 66.9 Å². The highest BCUT2D eigenvalue weighted by atomic mass is 32.1. The summed E-state index contributed by atoms with van der Waals surface area (Å²) in [6.45, 7) is 0.246. The van der Waals surface area contributed by atoms with Crippen molar-refractivity contribution in [3.05, 3.63) is 83.2 Å². The number of halogens is 1. The summed E-state index contributed by atoms with van der Waals surface area (Å²) in [7, 11) is 0. The second kappa shape index (κ2) is 10.1. The van der Waals surface area contributed by atoms with E-state index in [9.17, 15) is 14.3 Å². The maximum Gasteiger partial charge on any atom is 0.355 e. The molecule has 0 spiro atoms. The van der Waals surface area contributed by atoms with Crippen LogP contribution in [0.25, 0.3) is 26.4 Å². The molecule has 12 heteroatoms. The Morgan fingerprint density at radius 1 is 1.05 bits per heavy atom. The Hall–Kier alpha value is -4.42. The van der Waals surface area contributed by atoms with Crippen LogP contribution in [0.1, 0.15) is 21.8 Å². The number of nitrogens with one attached hydrogen (secondary N) is 1. The Labute approximate surface area is 223 Å². The predicted molar refractivity (Wildman–Crippen MR) is 145 cm³/mol. The van der Waals surface area contributed by atoms with E-state index in [1.807, 2.05) is 36.4 Å². The summed E-state index contributed by atoms with van der Waals surface area (Å²) >= 11 is 2.80. The normalized spacial score (nSPS) is 11.3. The number of fused-ring (bicyclic) bond motifs is 2. The molecule has 6 rings (SSSR count). The van der Waals surface area contributed by atoms with Crippen molar-refractivity contribution in [1.29, 1.82) is 0 Å². The van der Waals surface area contributed by atoms with Gasteiger partial charge in [0.15, 0.2) is 39.0 Å². The molecular weight excluding hydrogens is 527 g/mol. The van der Waals surface area contributed by atoms with E-state index in [1.54, 1.807) is 29.0 Å². The molecule has 0 unspecified atom stereocenters. The smallest absolute Gasteiger partial charge is 0.355 e. The van der Waals surface area contributed by atoms with Crippen LogP contribution in [-0.4, -0.2) is 42.4 Å². The van der Waals surface area contributed by atoms with Crippen LogP contribution >= 0.6 is 22.7 Å². The van der Waals surface area contributed by atoms with Crippen LogP contribution in [0, 0.1) is 5.82 Å². The average molecular weight is 547 g/mol. The van der Waals surface area contributed by atoms with E-state index in [0.717, 1.165) is 15.6 Å². The third-order valence-corrected chi connectivity index (χ3v) is 7.77. The molecule has 0 saturated carbocycles. The molecule has 4 heterocycles. The van der Waals surface area contributed by atoms with Gasteiger partial charge in [-0.15, -0.1) is 21.5 Å². The van der Waals surface area contributed by atoms with Crippen LogP contribution in [0.2, 0.25) is 0 Å². The van der Waals surface area contributed by atoms with Gasteiger partial charge >= 0.3 is 5.97 Å². The molecule has 0 atom stereocenters. The van der Waals surface area contributed by atoms with Crippen LogP contribution < -0.4 is 10.1 Å². The number of carboxylic acid groups (broad SMARTS) is 1. The summed E-state index contributed by atoms with van der Waals surface area (Å²) in [6.07, 6.45) is 2.72. The maximum atomic E-state index is 13.7. The summed E-state index contributed by atoms with van der Waals surface area (Å²) in [4.78, 5) is 21.4. The van der Waals surface area contributed by atoms with E-state index in [2.05, 4.69) is 25.5 Å². The molecule has 0 saturated heterocycles. The standard InChI is InChI=1S/C26H19FN6O3S2/c27-16-6-1-3-8-18(16)36-13-5-10-20-22(24(34)35)30-26(38-20)33-12-11-15-14-21(31-32-23(15)33)29-25-28-17-7-2-4-9-19(17)37-25/h1-4,6-9,11-12,14H,5,10,13H2,(H,34,35)(H,28,29,31). The van der Waals surface area contributed by atoms with Crippen molar-refractivity contribution in [3.63, 3.8) is 0 Å². The summed E-state index contributed by atoms with van der Waals surface area (Å²) in [5, 5.41) is 23.6. The van der Waals surface area contributed by atoms with Gasteiger partial charge in [-0.05, 0) is 49.2 Å². The van der Waals surface area contributed by atoms with Gasteiger partial charge in [-0.25, -0.2) is 19.2 Å². The SMILES string of the molecule is O=C(O)c1nc(-n2ccc3cc(Nc4nc5ccccc5s4)nnc32)sc1CCCOc1ccccc1F. The maximum absolute atomic E-state index is 13.7. The first-order valence-corrected chi connectivity index (χ1v) is 13.3. The van der Waals surface area contributed by atoms with Gasteiger partial charge in [-0.2, -0.15) is 0 Å². The number of aromatic nitrogens is 5. The highest BCUT2D eigenvalue weighted by Crippen LogP contribution is 2.30. The highest BCUT2D eigenvalue weighted by Gasteiger charge is 2.20. The van der Waals surface area contributed by atoms with Crippen molar-refractivity contribution in [2.24, 2.45) is 0 Å². The number of benzene rings is 2. The number of aromatic carboxylic acids is 1. The fourth-order valence-electron chi connectivity index (χ4n) is 3.94. The van der Waals surface area contributed by atoms with Gasteiger partial charge in [0.25, 0.3) is 0 Å². The van der Waals surface area contributed by atoms with E-state index in [1.165, 1.54) is 28.7 Å². The average Bonchev–Trinajstić information content (AvgIpc) is 3.63. The summed E-state index contributed by atoms with van der Waals surface area (Å²) in [5.74, 6) is -0.819. The van der Waals surface area contributed by atoms with Gasteiger partial charge in [-0.3, -0.25) is 4.57 Å². The Morgan fingerprint density at radius 2 is 1.89 bits per heavy atom. The zero-order valence-electron chi connectivity index (χ0n) is 19.7. The second-order valence-corrected chi connectivity index (χ2v) is 10.4. The minimum Gasteiger partial charge on any atom is -0.491 e.